The Kier molecular flexibility index (Phi) is 16.2. The number of unbranched alkanes of at least 4 members (excludes halogenated alkanes) is 8. The number of esters is 3. The number of azo groups is 1. The lowest BCUT2D eigenvalue weighted by Crippen LogP contribution is -2.26. The Morgan fingerprint density at radius 2 is 1.21 bits per heavy atom. The van der Waals surface area contributed by atoms with E-state index >= 15 is 0 Å². The van der Waals surface area contributed by atoms with Crippen LogP contribution in [0, 0.1) is 6.92 Å². The van der Waals surface area contributed by atoms with Crippen LogP contribution in [0.25, 0.3) is 0 Å². The van der Waals surface area contributed by atoms with Crippen LogP contribution in [0.15, 0.2) is 77.0 Å². The van der Waals surface area contributed by atoms with Crippen LogP contribution >= 0.6 is 0 Å². The summed E-state index contributed by atoms with van der Waals surface area (Å²) in [6.07, 6.45) is 10.2. The van der Waals surface area contributed by atoms with Crippen molar-refractivity contribution >= 4 is 29.3 Å². The van der Waals surface area contributed by atoms with E-state index in [0.717, 1.165) is 49.8 Å². The van der Waals surface area contributed by atoms with Crippen molar-refractivity contribution in [3.8, 4) is 11.5 Å². The highest BCUT2D eigenvalue weighted by Gasteiger charge is 2.20. The maximum atomic E-state index is 12.7. The van der Waals surface area contributed by atoms with E-state index in [1.165, 1.54) is 32.6 Å². The third kappa shape index (κ3) is 13.4. The fraction of sp³-hybridized carbons (Fsp3) is 0.447. The molecule has 9 heteroatoms. The van der Waals surface area contributed by atoms with Crippen LogP contribution in [-0.4, -0.2) is 37.2 Å². The highest BCUT2D eigenvalue weighted by molar-refractivity contribution is 5.92. The third-order valence-electron chi connectivity index (χ3n) is 7.46. The molecular weight excluding hydrogens is 596 g/mol. The van der Waals surface area contributed by atoms with Crippen molar-refractivity contribution in [1.29, 1.82) is 0 Å². The van der Waals surface area contributed by atoms with Crippen molar-refractivity contribution in [2.24, 2.45) is 10.2 Å². The summed E-state index contributed by atoms with van der Waals surface area (Å²) in [5, 5.41) is 8.41. The Balaban J connectivity index is 1.44. The summed E-state index contributed by atoms with van der Waals surface area (Å²) in [5.41, 5.74) is 2.68. The van der Waals surface area contributed by atoms with Gasteiger partial charge in [0.05, 0.1) is 35.7 Å². The minimum atomic E-state index is -1.00. The molecule has 1 unspecified atom stereocenters. The summed E-state index contributed by atoms with van der Waals surface area (Å²) < 4.78 is 21.9. The highest BCUT2D eigenvalue weighted by atomic mass is 16.6. The summed E-state index contributed by atoms with van der Waals surface area (Å²) in [4.78, 5) is 37.3. The molecule has 47 heavy (non-hydrogen) atoms. The van der Waals surface area contributed by atoms with Gasteiger partial charge in [-0.3, -0.25) is 0 Å². The Bertz CT molecular complexity index is 1440. The van der Waals surface area contributed by atoms with Gasteiger partial charge in [0.1, 0.15) is 11.5 Å². The topological polar surface area (TPSA) is 113 Å². The molecule has 0 heterocycles. The largest absolute Gasteiger partial charge is 0.493 e. The van der Waals surface area contributed by atoms with Crippen molar-refractivity contribution in [3.63, 3.8) is 0 Å². The predicted octanol–water partition coefficient (Wildman–Crippen LogP) is 10.0. The number of rotatable bonds is 20. The number of benzene rings is 3. The Labute approximate surface area is 278 Å². The van der Waals surface area contributed by atoms with Gasteiger partial charge in [0.25, 0.3) is 0 Å². The molecule has 0 aliphatic heterocycles. The van der Waals surface area contributed by atoms with E-state index in [0.29, 0.717) is 35.9 Å². The molecule has 0 saturated carbocycles. The average molecular weight is 645 g/mol. The van der Waals surface area contributed by atoms with Gasteiger partial charge < -0.3 is 18.9 Å². The summed E-state index contributed by atoms with van der Waals surface area (Å²) >= 11 is 0. The molecule has 3 aromatic carbocycles. The van der Waals surface area contributed by atoms with Crippen LogP contribution in [-0.2, 0) is 14.3 Å². The molecule has 0 amide bonds. The van der Waals surface area contributed by atoms with Crippen LogP contribution in [0.3, 0.4) is 0 Å². The van der Waals surface area contributed by atoms with Gasteiger partial charge in [0, 0.05) is 0 Å². The molecule has 0 aliphatic rings. The molecule has 252 valence electrons. The number of carbonyl (C=O) groups excluding carboxylic acids is 3. The van der Waals surface area contributed by atoms with Gasteiger partial charge >= 0.3 is 17.9 Å². The van der Waals surface area contributed by atoms with Crippen molar-refractivity contribution in [1.82, 2.24) is 0 Å². The minimum Gasteiger partial charge on any atom is -0.493 e. The van der Waals surface area contributed by atoms with E-state index in [4.69, 9.17) is 18.9 Å². The fourth-order valence-electron chi connectivity index (χ4n) is 4.62. The van der Waals surface area contributed by atoms with Gasteiger partial charge in [-0.1, -0.05) is 65.2 Å². The molecule has 0 bridgehead atoms. The zero-order valence-corrected chi connectivity index (χ0v) is 28.2. The first-order chi connectivity index (χ1) is 22.8. The minimum absolute atomic E-state index is 0.281. The third-order valence-corrected chi connectivity index (χ3v) is 7.46. The lowest BCUT2D eigenvalue weighted by atomic mass is 10.1. The standard InChI is InChI=1S/C38H48N2O7/c1-5-7-9-11-12-14-25-44-35-24-17-31(27-28(35)3)38(43)47-34-22-20-33(21-23-34)40-39-32-18-15-30(16-19-32)37(42)46-29(4)36(41)45-26-13-10-8-6-2/h15-24,27,29H,5-14,25-26H2,1-4H3. The van der Waals surface area contributed by atoms with Crippen molar-refractivity contribution in [3.05, 3.63) is 83.4 Å². The smallest absolute Gasteiger partial charge is 0.347 e. The lowest BCUT2D eigenvalue weighted by Gasteiger charge is -2.12. The van der Waals surface area contributed by atoms with E-state index in [-0.39, 0.29) is 5.56 Å². The van der Waals surface area contributed by atoms with Gasteiger partial charge in [-0.2, -0.15) is 10.2 Å². The molecule has 0 N–H and O–H groups in total. The first-order valence-electron chi connectivity index (χ1n) is 16.8. The van der Waals surface area contributed by atoms with Crippen molar-refractivity contribution < 1.29 is 33.3 Å². The van der Waals surface area contributed by atoms with E-state index in [9.17, 15) is 14.4 Å². The number of carbonyl (C=O) groups is 3. The van der Waals surface area contributed by atoms with Crippen molar-refractivity contribution in [2.45, 2.75) is 98.0 Å². The quantitative estimate of drug-likeness (QED) is 0.0520. The highest BCUT2D eigenvalue weighted by Crippen LogP contribution is 2.24. The molecular formula is C38H48N2O7. The molecule has 0 fully saturated rings. The zero-order valence-electron chi connectivity index (χ0n) is 28.2. The number of ether oxygens (including phenoxy) is 4. The predicted molar refractivity (Wildman–Crippen MR) is 182 cm³/mol. The molecule has 1 atom stereocenters. The van der Waals surface area contributed by atoms with Crippen LogP contribution in [0.4, 0.5) is 11.4 Å². The Morgan fingerprint density at radius 1 is 0.660 bits per heavy atom. The average Bonchev–Trinajstić information content (AvgIpc) is 3.08. The first kappa shape index (κ1) is 36.9. The van der Waals surface area contributed by atoms with Gasteiger partial charge in [-0.25, -0.2) is 14.4 Å². The second kappa shape index (κ2) is 20.6. The van der Waals surface area contributed by atoms with Crippen LogP contribution in [0.5, 0.6) is 11.5 Å². The SMILES string of the molecule is CCCCCCCCOc1ccc(C(=O)Oc2ccc(N=Nc3ccc(C(=O)OC(C)C(=O)OCCCCCC)cc3)cc2)cc1C. The van der Waals surface area contributed by atoms with Crippen LogP contribution in [0.2, 0.25) is 0 Å². The second-order valence-electron chi connectivity index (χ2n) is 11.5. The summed E-state index contributed by atoms with van der Waals surface area (Å²) in [5.74, 6) is -0.490. The van der Waals surface area contributed by atoms with Crippen molar-refractivity contribution in [2.75, 3.05) is 13.2 Å². The molecule has 0 saturated heterocycles. The maximum Gasteiger partial charge on any atom is 0.347 e. The Hall–Kier alpha value is -4.53. The monoisotopic (exact) mass is 644 g/mol. The lowest BCUT2D eigenvalue weighted by molar-refractivity contribution is -0.153. The van der Waals surface area contributed by atoms with Gasteiger partial charge in [-0.15, -0.1) is 0 Å². The second-order valence-corrected chi connectivity index (χ2v) is 11.5. The van der Waals surface area contributed by atoms with Crippen LogP contribution in [0.1, 0.15) is 111 Å². The fourth-order valence-corrected chi connectivity index (χ4v) is 4.62. The van der Waals surface area contributed by atoms with E-state index in [1.54, 1.807) is 60.7 Å². The number of hydrogen-bond acceptors (Lipinski definition) is 9. The summed E-state index contributed by atoms with van der Waals surface area (Å²) in [7, 11) is 0. The maximum absolute atomic E-state index is 12.7. The summed E-state index contributed by atoms with van der Waals surface area (Å²) in [6.45, 7) is 8.72. The summed E-state index contributed by atoms with van der Waals surface area (Å²) in [6, 6.07) is 18.3. The van der Waals surface area contributed by atoms with Crippen LogP contribution < -0.4 is 9.47 Å². The molecule has 3 aromatic rings. The molecule has 0 aromatic heterocycles. The number of aryl methyl sites for hydroxylation is 1. The molecule has 0 spiro atoms. The molecule has 0 aliphatic carbocycles. The molecule has 0 radical (unpaired) electrons. The number of hydrogen-bond donors (Lipinski definition) is 0. The van der Waals surface area contributed by atoms with Gasteiger partial charge in [0.15, 0.2) is 6.10 Å². The van der Waals surface area contributed by atoms with E-state index < -0.39 is 24.0 Å². The van der Waals surface area contributed by atoms with Gasteiger partial charge in [0.2, 0.25) is 0 Å². The first-order valence-corrected chi connectivity index (χ1v) is 16.8. The van der Waals surface area contributed by atoms with E-state index in [2.05, 4.69) is 24.1 Å². The normalized spacial score (nSPS) is 11.7. The zero-order chi connectivity index (χ0) is 33.9. The number of nitrogens with zero attached hydrogens (tertiary/aromatic N) is 2. The van der Waals surface area contributed by atoms with Gasteiger partial charge in [-0.05, 0) is 99.0 Å². The molecule has 3 rings (SSSR count). The Morgan fingerprint density at radius 3 is 1.85 bits per heavy atom. The molecule has 9 nitrogen and oxygen atoms in total. The van der Waals surface area contributed by atoms with E-state index in [1.807, 2.05) is 13.0 Å².